The van der Waals surface area contributed by atoms with E-state index in [1.54, 1.807) is 0 Å². The SMILES string of the molecule is CCC1CC1N1CC2CCCCN2CC1CC. The van der Waals surface area contributed by atoms with E-state index < -0.39 is 0 Å². The van der Waals surface area contributed by atoms with Crippen molar-refractivity contribution in [2.45, 2.75) is 70.5 Å². The average Bonchev–Trinajstić information content (AvgIpc) is 3.16. The Labute approximate surface area is 106 Å². The summed E-state index contributed by atoms with van der Waals surface area (Å²) < 4.78 is 0. The molecule has 0 bridgehead atoms. The minimum Gasteiger partial charge on any atom is -0.298 e. The number of nitrogens with zero attached hydrogens (tertiary/aromatic N) is 2. The van der Waals surface area contributed by atoms with Crippen LogP contribution in [0.4, 0.5) is 0 Å². The van der Waals surface area contributed by atoms with E-state index in [9.17, 15) is 0 Å². The van der Waals surface area contributed by atoms with Gasteiger partial charge in [0, 0.05) is 31.2 Å². The minimum absolute atomic E-state index is 0.853. The molecule has 0 spiro atoms. The quantitative estimate of drug-likeness (QED) is 0.743. The predicted octanol–water partition coefficient (Wildman–Crippen LogP) is 2.73. The average molecular weight is 236 g/mol. The summed E-state index contributed by atoms with van der Waals surface area (Å²) in [5.41, 5.74) is 0. The fourth-order valence-corrected chi connectivity index (χ4v) is 4.12. The van der Waals surface area contributed by atoms with Crippen LogP contribution in [0, 0.1) is 5.92 Å². The second-order valence-corrected chi connectivity index (χ2v) is 6.37. The molecule has 2 heterocycles. The predicted molar refractivity (Wildman–Crippen MR) is 72.2 cm³/mol. The standard InChI is InChI=1S/C15H28N2/c1-3-12-9-15(12)17-11-14-7-5-6-8-16(14)10-13(17)4-2/h12-15H,3-11H2,1-2H3. The number of piperazine rings is 1. The van der Waals surface area contributed by atoms with Gasteiger partial charge >= 0.3 is 0 Å². The van der Waals surface area contributed by atoms with Gasteiger partial charge in [-0.25, -0.2) is 0 Å². The van der Waals surface area contributed by atoms with Crippen LogP contribution < -0.4 is 0 Å². The van der Waals surface area contributed by atoms with Crippen molar-refractivity contribution in [3.05, 3.63) is 0 Å². The van der Waals surface area contributed by atoms with Crippen molar-refractivity contribution < 1.29 is 0 Å². The number of piperidine rings is 1. The second-order valence-electron chi connectivity index (χ2n) is 6.37. The van der Waals surface area contributed by atoms with Gasteiger partial charge in [-0.3, -0.25) is 9.80 Å². The lowest BCUT2D eigenvalue weighted by molar-refractivity contribution is 0.000481. The summed E-state index contributed by atoms with van der Waals surface area (Å²) in [5.74, 6) is 1.03. The molecule has 2 heteroatoms. The van der Waals surface area contributed by atoms with Crippen LogP contribution in [-0.4, -0.2) is 47.6 Å². The summed E-state index contributed by atoms with van der Waals surface area (Å²) in [6.07, 6.45) is 8.58. The van der Waals surface area contributed by atoms with Gasteiger partial charge in [-0.15, -0.1) is 0 Å². The Morgan fingerprint density at radius 3 is 2.65 bits per heavy atom. The first kappa shape index (κ1) is 12.0. The normalized spacial score (nSPS) is 43.4. The first-order valence-electron chi connectivity index (χ1n) is 7.83. The molecule has 0 radical (unpaired) electrons. The second kappa shape index (κ2) is 4.89. The molecule has 3 rings (SSSR count). The zero-order chi connectivity index (χ0) is 11.8. The van der Waals surface area contributed by atoms with Gasteiger partial charge in [0.2, 0.25) is 0 Å². The molecule has 0 aromatic carbocycles. The zero-order valence-corrected chi connectivity index (χ0v) is 11.6. The van der Waals surface area contributed by atoms with E-state index in [2.05, 4.69) is 23.6 Å². The number of hydrogen-bond acceptors (Lipinski definition) is 2. The maximum atomic E-state index is 2.89. The summed E-state index contributed by atoms with van der Waals surface area (Å²) in [6, 6.07) is 2.70. The Morgan fingerprint density at radius 2 is 1.94 bits per heavy atom. The van der Waals surface area contributed by atoms with Gasteiger partial charge in [-0.1, -0.05) is 26.7 Å². The molecule has 2 nitrogen and oxygen atoms in total. The Balaban J connectivity index is 1.66. The Morgan fingerprint density at radius 1 is 1.06 bits per heavy atom. The van der Waals surface area contributed by atoms with Gasteiger partial charge in [-0.05, 0) is 38.1 Å². The Hall–Kier alpha value is -0.0800. The van der Waals surface area contributed by atoms with Crippen molar-refractivity contribution in [2.75, 3.05) is 19.6 Å². The molecule has 0 aromatic rings. The highest BCUT2D eigenvalue weighted by atomic mass is 15.3. The highest BCUT2D eigenvalue weighted by Crippen LogP contribution is 2.41. The number of hydrogen-bond donors (Lipinski definition) is 0. The molecule has 0 N–H and O–H groups in total. The number of rotatable bonds is 3. The van der Waals surface area contributed by atoms with E-state index in [-0.39, 0.29) is 0 Å². The fraction of sp³-hybridized carbons (Fsp3) is 1.00. The topological polar surface area (TPSA) is 6.48 Å². The monoisotopic (exact) mass is 236 g/mol. The summed E-state index contributed by atoms with van der Waals surface area (Å²) >= 11 is 0. The molecule has 2 aliphatic heterocycles. The van der Waals surface area contributed by atoms with Gasteiger partial charge in [-0.2, -0.15) is 0 Å². The van der Waals surface area contributed by atoms with Crippen LogP contribution in [-0.2, 0) is 0 Å². The molecule has 0 aromatic heterocycles. The fourth-order valence-electron chi connectivity index (χ4n) is 4.12. The molecular formula is C15H28N2. The van der Waals surface area contributed by atoms with Gasteiger partial charge < -0.3 is 0 Å². The molecule has 4 atom stereocenters. The van der Waals surface area contributed by atoms with Crippen molar-refractivity contribution in [3.8, 4) is 0 Å². The Bertz CT molecular complexity index is 266. The van der Waals surface area contributed by atoms with E-state index >= 15 is 0 Å². The van der Waals surface area contributed by atoms with Crippen LogP contribution in [0.2, 0.25) is 0 Å². The maximum Gasteiger partial charge on any atom is 0.0224 e. The highest BCUT2D eigenvalue weighted by molar-refractivity contribution is 5.01. The third-order valence-electron chi connectivity index (χ3n) is 5.39. The van der Waals surface area contributed by atoms with Crippen LogP contribution in [0.15, 0.2) is 0 Å². The molecule has 4 unspecified atom stereocenters. The molecule has 2 saturated heterocycles. The largest absolute Gasteiger partial charge is 0.298 e. The molecule has 3 fully saturated rings. The minimum atomic E-state index is 0.853. The van der Waals surface area contributed by atoms with Gasteiger partial charge in [0.25, 0.3) is 0 Å². The van der Waals surface area contributed by atoms with E-state index in [4.69, 9.17) is 0 Å². The number of fused-ring (bicyclic) bond motifs is 1. The molecule has 1 aliphatic carbocycles. The molecule has 98 valence electrons. The van der Waals surface area contributed by atoms with Crippen LogP contribution in [0.25, 0.3) is 0 Å². The maximum absolute atomic E-state index is 2.89. The summed E-state index contributed by atoms with van der Waals surface area (Å²) in [5, 5.41) is 0. The summed E-state index contributed by atoms with van der Waals surface area (Å²) in [7, 11) is 0. The van der Waals surface area contributed by atoms with Crippen LogP contribution in [0.1, 0.15) is 52.4 Å². The molecule has 3 aliphatic rings. The van der Waals surface area contributed by atoms with Crippen molar-refractivity contribution in [1.82, 2.24) is 9.80 Å². The lowest BCUT2D eigenvalue weighted by Gasteiger charge is -2.48. The molecule has 1 saturated carbocycles. The summed E-state index contributed by atoms with van der Waals surface area (Å²) in [6.45, 7) is 8.85. The first-order valence-corrected chi connectivity index (χ1v) is 7.83. The van der Waals surface area contributed by atoms with E-state index in [0.717, 1.165) is 24.0 Å². The molecule has 17 heavy (non-hydrogen) atoms. The van der Waals surface area contributed by atoms with Crippen molar-refractivity contribution in [1.29, 1.82) is 0 Å². The van der Waals surface area contributed by atoms with Gasteiger partial charge in [0.05, 0.1) is 0 Å². The third kappa shape index (κ3) is 2.26. The van der Waals surface area contributed by atoms with Crippen molar-refractivity contribution in [2.24, 2.45) is 5.92 Å². The van der Waals surface area contributed by atoms with Crippen LogP contribution in [0.5, 0.6) is 0 Å². The smallest absolute Gasteiger partial charge is 0.0224 e. The molecular weight excluding hydrogens is 208 g/mol. The first-order chi connectivity index (χ1) is 8.33. The third-order valence-corrected chi connectivity index (χ3v) is 5.39. The Kier molecular flexibility index (Phi) is 3.45. The molecule has 0 amide bonds. The van der Waals surface area contributed by atoms with Crippen molar-refractivity contribution >= 4 is 0 Å². The van der Waals surface area contributed by atoms with Crippen molar-refractivity contribution in [3.63, 3.8) is 0 Å². The lowest BCUT2D eigenvalue weighted by atomic mass is 9.95. The van der Waals surface area contributed by atoms with Crippen LogP contribution in [0.3, 0.4) is 0 Å². The van der Waals surface area contributed by atoms with Crippen LogP contribution >= 0.6 is 0 Å². The van der Waals surface area contributed by atoms with E-state index in [0.29, 0.717) is 0 Å². The van der Waals surface area contributed by atoms with E-state index in [1.807, 2.05) is 0 Å². The highest BCUT2D eigenvalue weighted by Gasteiger charge is 2.46. The zero-order valence-electron chi connectivity index (χ0n) is 11.6. The lowest BCUT2D eigenvalue weighted by Crippen LogP contribution is -2.60. The summed E-state index contributed by atoms with van der Waals surface area (Å²) in [4.78, 5) is 5.68. The van der Waals surface area contributed by atoms with Gasteiger partial charge in [0.1, 0.15) is 0 Å². The van der Waals surface area contributed by atoms with E-state index in [1.165, 1.54) is 58.2 Å². The van der Waals surface area contributed by atoms with Gasteiger partial charge in [0.15, 0.2) is 0 Å².